The van der Waals surface area contributed by atoms with Crippen LogP contribution in [0, 0.1) is 5.82 Å². The maximum atomic E-state index is 13.9. The molecule has 0 spiro atoms. The Bertz CT molecular complexity index is 569. The maximum Gasteiger partial charge on any atom is 0.220 e. The number of benzene rings is 1. The third-order valence-electron chi connectivity index (χ3n) is 2.92. The van der Waals surface area contributed by atoms with Crippen molar-refractivity contribution < 1.29 is 13.9 Å². The Labute approximate surface area is 121 Å². The molecule has 0 radical (unpaired) electrons. The summed E-state index contributed by atoms with van der Waals surface area (Å²) in [5.74, 6) is -0.261. The van der Waals surface area contributed by atoms with Crippen molar-refractivity contribution in [3.8, 4) is 5.75 Å². The predicted octanol–water partition coefficient (Wildman–Crippen LogP) is 3.14. The lowest BCUT2D eigenvalue weighted by Crippen LogP contribution is -2.22. The molecule has 1 amide bonds. The van der Waals surface area contributed by atoms with Gasteiger partial charge in [-0.15, -0.1) is 11.3 Å². The van der Waals surface area contributed by atoms with Gasteiger partial charge in [0.25, 0.3) is 0 Å². The first-order valence-corrected chi connectivity index (χ1v) is 7.19. The summed E-state index contributed by atoms with van der Waals surface area (Å²) in [6.07, 6.45) is 0.620. The highest BCUT2D eigenvalue weighted by molar-refractivity contribution is 7.09. The number of ether oxygens (including phenoxy) is 1. The summed E-state index contributed by atoms with van der Waals surface area (Å²) in [7, 11) is 1.43. The summed E-state index contributed by atoms with van der Waals surface area (Å²) in [5, 5.41) is 4.79. The molecule has 1 N–H and O–H groups in total. The Hall–Kier alpha value is -1.88. The van der Waals surface area contributed by atoms with E-state index in [1.165, 1.54) is 7.11 Å². The molecule has 0 aliphatic carbocycles. The fourth-order valence-electron chi connectivity index (χ4n) is 1.84. The molecule has 1 aromatic carbocycles. The Morgan fingerprint density at radius 1 is 1.35 bits per heavy atom. The Balaban J connectivity index is 1.84. The van der Waals surface area contributed by atoms with Crippen molar-refractivity contribution in [3.63, 3.8) is 0 Å². The summed E-state index contributed by atoms with van der Waals surface area (Å²) < 4.78 is 18.8. The van der Waals surface area contributed by atoms with Crippen LogP contribution in [0.3, 0.4) is 0 Å². The third-order valence-corrected chi connectivity index (χ3v) is 3.80. The van der Waals surface area contributed by atoms with E-state index in [4.69, 9.17) is 4.74 Å². The summed E-state index contributed by atoms with van der Waals surface area (Å²) in [4.78, 5) is 12.8. The van der Waals surface area contributed by atoms with E-state index in [-0.39, 0.29) is 23.9 Å². The van der Waals surface area contributed by atoms with E-state index < -0.39 is 0 Å². The van der Waals surface area contributed by atoms with Gasteiger partial charge in [0.05, 0.1) is 13.7 Å². The van der Waals surface area contributed by atoms with E-state index in [1.807, 2.05) is 17.5 Å². The first kappa shape index (κ1) is 14.5. The lowest BCUT2D eigenvalue weighted by molar-refractivity contribution is -0.121. The van der Waals surface area contributed by atoms with Gasteiger partial charge < -0.3 is 10.1 Å². The number of carbonyl (C=O) groups is 1. The van der Waals surface area contributed by atoms with E-state index in [0.29, 0.717) is 18.5 Å². The SMILES string of the molecule is COc1cccc(CCC(=O)NCc2cccs2)c1F. The number of hydrogen-bond acceptors (Lipinski definition) is 3. The van der Waals surface area contributed by atoms with Crippen LogP contribution in [-0.4, -0.2) is 13.0 Å². The van der Waals surface area contributed by atoms with Crippen LogP contribution in [0.2, 0.25) is 0 Å². The van der Waals surface area contributed by atoms with Gasteiger partial charge in [-0.3, -0.25) is 4.79 Å². The molecule has 0 unspecified atom stereocenters. The number of methoxy groups -OCH3 is 1. The van der Waals surface area contributed by atoms with Crippen molar-refractivity contribution in [2.24, 2.45) is 0 Å². The molecule has 2 aromatic rings. The molecule has 0 fully saturated rings. The number of thiophene rings is 1. The minimum absolute atomic E-state index is 0.0828. The molecule has 0 saturated heterocycles. The topological polar surface area (TPSA) is 38.3 Å². The number of carbonyl (C=O) groups excluding carboxylic acids is 1. The molecule has 0 aliphatic heterocycles. The molecule has 0 aliphatic rings. The second-order valence-corrected chi connectivity index (χ2v) is 5.32. The van der Waals surface area contributed by atoms with Crippen molar-refractivity contribution in [1.82, 2.24) is 5.32 Å². The van der Waals surface area contributed by atoms with E-state index >= 15 is 0 Å². The number of nitrogens with one attached hydrogen (secondary N) is 1. The molecule has 2 rings (SSSR count). The molecule has 1 aromatic heterocycles. The highest BCUT2D eigenvalue weighted by Crippen LogP contribution is 2.20. The van der Waals surface area contributed by atoms with Crippen LogP contribution in [0.25, 0.3) is 0 Å². The minimum Gasteiger partial charge on any atom is -0.494 e. The number of amides is 1. The third kappa shape index (κ3) is 3.81. The van der Waals surface area contributed by atoms with Crippen molar-refractivity contribution in [2.45, 2.75) is 19.4 Å². The quantitative estimate of drug-likeness (QED) is 0.888. The highest BCUT2D eigenvalue weighted by atomic mass is 32.1. The fraction of sp³-hybridized carbons (Fsp3) is 0.267. The van der Waals surface area contributed by atoms with Crippen molar-refractivity contribution in [1.29, 1.82) is 0 Å². The van der Waals surface area contributed by atoms with Gasteiger partial charge in [0.2, 0.25) is 5.91 Å². The van der Waals surface area contributed by atoms with E-state index in [9.17, 15) is 9.18 Å². The molecular weight excluding hydrogens is 277 g/mol. The molecule has 0 atom stereocenters. The average Bonchev–Trinajstić information content (AvgIpc) is 2.97. The molecule has 1 heterocycles. The fourth-order valence-corrected chi connectivity index (χ4v) is 2.49. The van der Waals surface area contributed by atoms with Crippen LogP contribution in [0.4, 0.5) is 4.39 Å². The molecule has 0 bridgehead atoms. The Kier molecular flexibility index (Phi) is 5.12. The van der Waals surface area contributed by atoms with Gasteiger partial charge in [-0.1, -0.05) is 18.2 Å². The van der Waals surface area contributed by atoms with Crippen molar-refractivity contribution in [3.05, 3.63) is 52.0 Å². The smallest absolute Gasteiger partial charge is 0.220 e. The van der Waals surface area contributed by atoms with Gasteiger partial charge in [0.15, 0.2) is 11.6 Å². The van der Waals surface area contributed by atoms with E-state index in [2.05, 4.69) is 5.32 Å². The van der Waals surface area contributed by atoms with E-state index in [0.717, 1.165) is 4.88 Å². The summed E-state index contributed by atoms with van der Waals surface area (Å²) >= 11 is 1.60. The zero-order chi connectivity index (χ0) is 14.4. The van der Waals surface area contributed by atoms with Gasteiger partial charge >= 0.3 is 0 Å². The van der Waals surface area contributed by atoms with Crippen molar-refractivity contribution in [2.75, 3.05) is 7.11 Å². The van der Waals surface area contributed by atoms with Gasteiger partial charge in [0, 0.05) is 11.3 Å². The lowest BCUT2D eigenvalue weighted by Gasteiger charge is -2.07. The molecular formula is C15H16FNO2S. The summed E-state index contributed by atoms with van der Waals surface area (Å²) in [6, 6.07) is 8.87. The maximum absolute atomic E-state index is 13.9. The molecule has 5 heteroatoms. The minimum atomic E-state index is -0.388. The zero-order valence-electron chi connectivity index (χ0n) is 11.2. The van der Waals surface area contributed by atoms with Crippen molar-refractivity contribution >= 4 is 17.2 Å². The van der Waals surface area contributed by atoms with Gasteiger partial charge in [-0.2, -0.15) is 0 Å². The second-order valence-electron chi connectivity index (χ2n) is 4.29. The van der Waals surface area contributed by atoms with Crippen LogP contribution in [0.15, 0.2) is 35.7 Å². The number of hydrogen-bond donors (Lipinski definition) is 1. The van der Waals surface area contributed by atoms with Crippen LogP contribution < -0.4 is 10.1 Å². The molecule has 3 nitrogen and oxygen atoms in total. The number of halogens is 1. The second kappa shape index (κ2) is 7.05. The number of rotatable bonds is 6. The zero-order valence-corrected chi connectivity index (χ0v) is 12.0. The lowest BCUT2D eigenvalue weighted by atomic mass is 10.1. The molecule has 20 heavy (non-hydrogen) atoms. The van der Waals surface area contributed by atoms with Gasteiger partial charge in [0.1, 0.15) is 0 Å². The highest BCUT2D eigenvalue weighted by Gasteiger charge is 2.10. The van der Waals surface area contributed by atoms with Gasteiger partial charge in [-0.05, 0) is 29.5 Å². The number of aryl methyl sites for hydroxylation is 1. The molecule has 106 valence electrons. The van der Waals surface area contributed by atoms with Crippen LogP contribution >= 0.6 is 11.3 Å². The van der Waals surface area contributed by atoms with Crippen LogP contribution in [0.1, 0.15) is 16.9 Å². The van der Waals surface area contributed by atoms with Crippen LogP contribution in [0.5, 0.6) is 5.75 Å². The summed E-state index contributed by atoms with van der Waals surface area (Å²) in [5.41, 5.74) is 0.496. The monoisotopic (exact) mass is 293 g/mol. The first-order valence-electron chi connectivity index (χ1n) is 6.31. The predicted molar refractivity (Wildman–Crippen MR) is 77.4 cm³/mol. The largest absolute Gasteiger partial charge is 0.494 e. The van der Waals surface area contributed by atoms with Crippen LogP contribution in [-0.2, 0) is 17.8 Å². The van der Waals surface area contributed by atoms with E-state index in [1.54, 1.807) is 29.5 Å². The normalized spacial score (nSPS) is 10.3. The average molecular weight is 293 g/mol. The Morgan fingerprint density at radius 3 is 2.90 bits per heavy atom. The first-order chi connectivity index (χ1) is 9.70. The molecule has 0 saturated carbocycles. The standard InChI is InChI=1S/C15H16FNO2S/c1-19-13-6-2-4-11(15(13)16)7-8-14(18)17-10-12-5-3-9-20-12/h2-6,9H,7-8,10H2,1H3,(H,17,18). The Morgan fingerprint density at radius 2 is 2.20 bits per heavy atom. The van der Waals surface area contributed by atoms with Gasteiger partial charge in [-0.25, -0.2) is 4.39 Å². The summed E-state index contributed by atoms with van der Waals surface area (Å²) in [6.45, 7) is 0.525.